The molecule has 0 spiro atoms. The average Bonchev–Trinajstić information content (AvgIpc) is 2.65. The van der Waals surface area contributed by atoms with Gasteiger partial charge in [0.25, 0.3) is 0 Å². The van der Waals surface area contributed by atoms with Crippen LogP contribution in [0.15, 0.2) is 0 Å². The molecule has 1 aliphatic rings. The topological polar surface area (TPSA) is 55.1 Å². The van der Waals surface area contributed by atoms with Crippen molar-refractivity contribution >= 4 is 5.91 Å². The monoisotopic (exact) mass is 156 g/mol. The number of nitrogens with two attached hydrogens (primary N) is 1. The molecule has 0 aliphatic heterocycles. The molecule has 3 nitrogen and oxygen atoms in total. The molecule has 0 aromatic rings. The number of rotatable bonds is 3. The Kier molecular flexibility index (Phi) is 2.49. The van der Waals surface area contributed by atoms with E-state index >= 15 is 0 Å². The van der Waals surface area contributed by atoms with E-state index in [0.29, 0.717) is 18.5 Å². The molecule has 0 radical (unpaired) electrons. The van der Waals surface area contributed by atoms with Crippen LogP contribution in [0.2, 0.25) is 0 Å². The zero-order valence-electron chi connectivity index (χ0n) is 7.13. The Hall–Kier alpha value is -0.570. The molecule has 0 aromatic heterocycles. The molecule has 3 unspecified atom stereocenters. The summed E-state index contributed by atoms with van der Waals surface area (Å²) in [6.45, 7) is 4.42. The standard InChI is InChI=1S/C8H16N2O/c1-5-3-7(5)10-8(11)6(2)4-9/h5-7H,3-4,9H2,1-2H3,(H,10,11). The van der Waals surface area contributed by atoms with Gasteiger partial charge in [-0.05, 0) is 12.3 Å². The van der Waals surface area contributed by atoms with Crippen LogP contribution in [0, 0.1) is 11.8 Å². The Labute approximate surface area is 67.3 Å². The van der Waals surface area contributed by atoms with E-state index in [9.17, 15) is 4.79 Å². The van der Waals surface area contributed by atoms with Gasteiger partial charge in [-0.15, -0.1) is 0 Å². The van der Waals surface area contributed by atoms with Crippen LogP contribution in [0.4, 0.5) is 0 Å². The van der Waals surface area contributed by atoms with Gasteiger partial charge in [-0.25, -0.2) is 0 Å². The lowest BCUT2D eigenvalue weighted by atomic mass is 10.2. The van der Waals surface area contributed by atoms with Crippen LogP contribution in [-0.4, -0.2) is 18.5 Å². The van der Waals surface area contributed by atoms with Crippen LogP contribution in [0.25, 0.3) is 0 Å². The lowest BCUT2D eigenvalue weighted by Gasteiger charge is -2.08. The van der Waals surface area contributed by atoms with E-state index in [0.717, 1.165) is 6.42 Å². The first-order valence-electron chi connectivity index (χ1n) is 4.15. The summed E-state index contributed by atoms with van der Waals surface area (Å²) in [6, 6.07) is 0.427. The second-order valence-corrected chi connectivity index (χ2v) is 3.46. The average molecular weight is 156 g/mol. The molecule has 3 heteroatoms. The third-order valence-corrected chi connectivity index (χ3v) is 2.24. The first-order chi connectivity index (χ1) is 5.15. The lowest BCUT2D eigenvalue weighted by Crippen LogP contribution is -2.35. The van der Waals surface area contributed by atoms with Gasteiger partial charge in [-0.1, -0.05) is 13.8 Å². The number of carbonyl (C=O) groups is 1. The van der Waals surface area contributed by atoms with Gasteiger partial charge in [0.1, 0.15) is 0 Å². The van der Waals surface area contributed by atoms with E-state index in [2.05, 4.69) is 12.2 Å². The highest BCUT2D eigenvalue weighted by Crippen LogP contribution is 2.29. The van der Waals surface area contributed by atoms with Crippen molar-refractivity contribution < 1.29 is 4.79 Å². The van der Waals surface area contributed by atoms with Gasteiger partial charge >= 0.3 is 0 Å². The summed E-state index contributed by atoms with van der Waals surface area (Å²) < 4.78 is 0. The fourth-order valence-electron chi connectivity index (χ4n) is 0.955. The van der Waals surface area contributed by atoms with Gasteiger partial charge in [-0.2, -0.15) is 0 Å². The molecule has 1 amide bonds. The maximum Gasteiger partial charge on any atom is 0.224 e. The second-order valence-electron chi connectivity index (χ2n) is 3.46. The summed E-state index contributed by atoms with van der Waals surface area (Å²) in [7, 11) is 0. The quantitative estimate of drug-likeness (QED) is 0.609. The van der Waals surface area contributed by atoms with Crippen molar-refractivity contribution in [1.82, 2.24) is 5.32 Å². The Bertz CT molecular complexity index is 158. The molecule has 11 heavy (non-hydrogen) atoms. The van der Waals surface area contributed by atoms with E-state index in [-0.39, 0.29) is 11.8 Å². The minimum atomic E-state index is -0.0391. The van der Waals surface area contributed by atoms with Crippen molar-refractivity contribution in [2.24, 2.45) is 17.6 Å². The van der Waals surface area contributed by atoms with E-state index in [1.165, 1.54) is 0 Å². The molecule has 0 heterocycles. The molecule has 0 aromatic carbocycles. The number of nitrogens with one attached hydrogen (secondary N) is 1. The highest BCUT2D eigenvalue weighted by atomic mass is 16.2. The largest absolute Gasteiger partial charge is 0.353 e. The molecule has 0 saturated heterocycles. The van der Waals surface area contributed by atoms with Crippen molar-refractivity contribution in [3.05, 3.63) is 0 Å². The van der Waals surface area contributed by atoms with Gasteiger partial charge in [0.05, 0.1) is 0 Å². The Morgan fingerprint density at radius 3 is 2.73 bits per heavy atom. The summed E-state index contributed by atoms with van der Waals surface area (Å²) in [6.07, 6.45) is 1.13. The van der Waals surface area contributed by atoms with Crippen LogP contribution in [0.3, 0.4) is 0 Å². The number of hydrogen-bond acceptors (Lipinski definition) is 2. The third kappa shape index (κ3) is 2.19. The lowest BCUT2D eigenvalue weighted by molar-refractivity contribution is -0.124. The molecule has 3 N–H and O–H groups in total. The number of amides is 1. The first-order valence-corrected chi connectivity index (χ1v) is 4.15. The number of carbonyl (C=O) groups excluding carboxylic acids is 1. The Morgan fingerprint density at radius 2 is 2.36 bits per heavy atom. The highest BCUT2D eigenvalue weighted by molar-refractivity contribution is 5.79. The SMILES string of the molecule is CC(CN)C(=O)NC1CC1C. The first kappa shape index (κ1) is 8.53. The number of hydrogen-bond donors (Lipinski definition) is 2. The molecule has 1 aliphatic carbocycles. The maximum atomic E-state index is 11.2. The Morgan fingerprint density at radius 1 is 1.82 bits per heavy atom. The minimum Gasteiger partial charge on any atom is -0.353 e. The van der Waals surface area contributed by atoms with Gasteiger partial charge in [-0.3, -0.25) is 4.79 Å². The summed E-state index contributed by atoms with van der Waals surface area (Å²) in [5, 5.41) is 2.94. The molecule has 1 fully saturated rings. The zero-order valence-corrected chi connectivity index (χ0v) is 7.13. The Balaban J connectivity index is 2.21. The second kappa shape index (κ2) is 3.22. The van der Waals surface area contributed by atoms with Crippen LogP contribution >= 0.6 is 0 Å². The molecular formula is C8H16N2O. The van der Waals surface area contributed by atoms with E-state index in [1.54, 1.807) is 0 Å². The van der Waals surface area contributed by atoms with Crippen molar-refractivity contribution in [2.45, 2.75) is 26.3 Å². The van der Waals surface area contributed by atoms with E-state index in [1.807, 2.05) is 6.92 Å². The zero-order chi connectivity index (χ0) is 8.43. The summed E-state index contributed by atoms with van der Waals surface area (Å²) >= 11 is 0. The molecule has 64 valence electrons. The maximum absolute atomic E-state index is 11.2. The molecule has 3 atom stereocenters. The van der Waals surface area contributed by atoms with Crippen molar-refractivity contribution in [3.8, 4) is 0 Å². The smallest absolute Gasteiger partial charge is 0.224 e. The van der Waals surface area contributed by atoms with Gasteiger partial charge in [0.2, 0.25) is 5.91 Å². The van der Waals surface area contributed by atoms with E-state index < -0.39 is 0 Å². The summed E-state index contributed by atoms with van der Waals surface area (Å²) in [4.78, 5) is 11.2. The highest BCUT2D eigenvalue weighted by Gasteiger charge is 2.34. The molecular weight excluding hydrogens is 140 g/mol. The van der Waals surface area contributed by atoms with Crippen molar-refractivity contribution in [1.29, 1.82) is 0 Å². The van der Waals surface area contributed by atoms with Gasteiger partial charge in [0, 0.05) is 18.5 Å². The molecule has 1 rings (SSSR count). The van der Waals surface area contributed by atoms with Crippen LogP contribution in [0.1, 0.15) is 20.3 Å². The molecule has 0 bridgehead atoms. The van der Waals surface area contributed by atoms with Crippen LogP contribution in [0.5, 0.6) is 0 Å². The predicted molar refractivity (Wildman–Crippen MR) is 43.9 cm³/mol. The predicted octanol–water partition coefficient (Wildman–Crippen LogP) is 0.106. The normalized spacial score (nSPS) is 31.2. The minimum absolute atomic E-state index is 0.0391. The van der Waals surface area contributed by atoms with E-state index in [4.69, 9.17) is 5.73 Å². The van der Waals surface area contributed by atoms with Gasteiger partial charge < -0.3 is 11.1 Å². The fraction of sp³-hybridized carbons (Fsp3) is 0.875. The molecule has 1 saturated carbocycles. The summed E-state index contributed by atoms with van der Waals surface area (Å²) in [5.74, 6) is 0.730. The van der Waals surface area contributed by atoms with Crippen LogP contribution < -0.4 is 11.1 Å². The van der Waals surface area contributed by atoms with Crippen molar-refractivity contribution in [3.63, 3.8) is 0 Å². The van der Waals surface area contributed by atoms with Crippen LogP contribution in [-0.2, 0) is 4.79 Å². The van der Waals surface area contributed by atoms with Crippen molar-refractivity contribution in [2.75, 3.05) is 6.54 Å². The fourth-order valence-corrected chi connectivity index (χ4v) is 0.955. The van der Waals surface area contributed by atoms with Gasteiger partial charge in [0.15, 0.2) is 0 Å². The summed E-state index contributed by atoms with van der Waals surface area (Å²) in [5.41, 5.74) is 5.34. The third-order valence-electron chi connectivity index (χ3n) is 2.24.